The highest BCUT2D eigenvalue weighted by Crippen LogP contribution is 2.48. The number of rotatable bonds is 4. The molecule has 2 aliphatic rings. The first kappa shape index (κ1) is 16.0. The molecule has 5 rings (SSSR count). The van der Waals surface area contributed by atoms with Crippen LogP contribution >= 0.6 is 7.92 Å². The lowest BCUT2D eigenvalue weighted by atomic mass is 9.87. The van der Waals surface area contributed by atoms with Crippen molar-refractivity contribution in [3.8, 4) is 0 Å². The van der Waals surface area contributed by atoms with Gasteiger partial charge in [-0.05, 0) is 60.0 Å². The molecule has 2 bridgehead atoms. The average Bonchev–Trinajstić information content (AvgIpc) is 3.34. The highest BCUT2D eigenvalue weighted by Gasteiger charge is 2.36. The van der Waals surface area contributed by atoms with E-state index in [1.165, 1.54) is 34.3 Å². The van der Waals surface area contributed by atoms with Crippen LogP contribution in [0.15, 0.2) is 97.1 Å². The van der Waals surface area contributed by atoms with Crippen LogP contribution in [0, 0.1) is 11.8 Å². The fourth-order valence-corrected chi connectivity index (χ4v) is 6.92. The molecule has 3 aromatic carbocycles. The van der Waals surface area contributed by atoms with Crippen molar-refractivity contribution in [2.24, 2.45) is 11.8 Å². The third-order valence-electron chi connectivity index (χ3n) is 5.89. The Labute approximate surface area is 157 Å². The molecule has 0 aliphatic heterocycles. The van der Waals surface area contributed by atoms with Crippen molar-refractivity contribution in [3.63, 3.8) is 0 Å². The van der Waals surface area contributed by atoms with Crippen molar-refractivity contribution >= 4 is 23.8 Å². The summed E-state index contributed by atoms with van der Waals surface area (Å²) in [5.41, 5.74) is 1.53. The summed E-state index contributed by atoms with van der Waals surface area (Å²) in [5, 5.41) is 4.29. The first-order valence-corrected chi connectivity index (χ1v) is 10.9. The standard InChI is InChI=1S/C25H23P/c1-3-7-22(8-4-1)26(23-9-5-2-6-10-23)24-15-13-20(14-16-24)25-18-19-11-12-21(25)17-19/h1-16,19,21,25H,17-18H2/t19-,21+,25-/m0/s1. The van der Waals surface area contributed by atoms with Gasteiger partial charge in [-0.25, -0.2) is 0 Å². The van der Waals surface area contributed by atoms with Gasteiger partial charge in [0, 0.05) is 0 Å². The maximum atomic E-state index is 2.45. The van der Waals surface area contributed by atoms with E-state index in [2.05, 4.69) is 97.1 Å². The molecule has 0 nitrogen and oxygen atoms in total. The van der Waals surface area contributed by atoms with E-state index in [-0.39, 0.29) is 0 Å². The molecule has 1 fully saturated rings. The summed E-state index contributed by atoms with van der Waals surface area (Å²) in [6.07, 6.45) is 7.59. The zero-order valence-corrected chi connectivity index (χ0v) is 15.7. The Bertz CT molecular complexity index is 856. The molecule has 1 heteroatoms. The molecular weight excluding hydrogens is 331 g/mol. The van der Waals surface area contributed by atoms with Crippen LogP contribution in [0.2, 0.25) is 0 Å². The lowest BCUT2D eigenvalue weighted by Crippen LogP contribution is -2.20. The van der Waals surface area contributed by atoms with E-state index in [9.17, 15) is 0 Å². The minimum Gasteiger partial charge on any atom is -0.0851 e. The summed E-state index contributed by atoms with van der Waals surface area (Å²) in [4.78, 5) is 0. The van der Waals surface area contributed by atoms with Crippen molar-refractivity contribution in [3.05, 3.63) is 103 Å². The second-order valence-electron chi connectivity index (χ2n) is 7.48. The van der Waals surface area contributed by atoms with Crippen molar-refractivity contribution in [1.29, 1.82) is 0 Å². The first-order valence-electron chi connectivity index (χ1n) is 9.57. The van der Waals surface area contributed by atoms with Gasteiger partial charge >= 0.3 is 0 Å². The van der Waals surface area contributed by atoms with Crippen LogP contribution in [0.1, 0.15) is 24.3 Å². The van der Waals surface area contributed by atoms with Gasteiger partial charge in [0.1, 0.15) is 0 Å². The summed E-state index contributed by atoms with van der Waals surface area (Å²) >= 11 is 0. The van der Waals surface area contributed by atoms with E-state index in [0.717, 1.165) is 17.8 Å². The van der Waals surface area contributed by atoms with Crippen LogP contribution in [0.3, 0.4) is 0 Å². The molecule has 0 heterocycles. The largest absolute Gasteiger partial charge is 0.0851 e. The zero-order valence-electron chi connectivity index (χ0n) is 14.8. The van der Waals surface area contributed by atoms with Gasteiger partial charge in [0.05, 0.1) is 0 Å². The normalized spacial score (nSPS) is 23.7. The van der Waals surface area contributed by atoms with Gasteiger partial charge in [-0.2, -0.15) is 0 Å². The molecule has 1 saturated carbocycles. The quantitative estimate of drug-likeness (QED) is 0.450. The molecule has 0 amide bonds. The smallest absolute Gasteiger partial charge is 0.00932 e. The van der Waals surface area contributed by atoms with E-state index in [0.29, 0.717) is 0 Å². The molecule has 2 aliphatic carbocycles. The summed E-state index contributed by atoms with van der Waals surface area (Å²) in [6, 6.07) is 31.5. The summed E-state index contributed by atoms with van der Waals surface area (Å²) < 4.78 is 0. The average molecular weight is 354 g/mol. The van der Waals surface area contributed by atoms with E-state index < -0.39 is 7.92 Å². The fraction of sp³-hybridized carbons (Fsp3) is 0.200. The van der Waals surface area contributed by atoms with Gasteiger partial charge in [0.2, 0.25) is 0 Å². The topological polar surface area (TPSA) is 0 Å². The molecule has 0 radical (unpaired) electrons. The Morgan fingerprint density at radius 3 is 1.65 bits per heavy atom. The van der Waals surface area contributed by atoms with Gasteiger partial charge in [0.15, 0.2) is 0 Å². The lowest BCUT2D eigenvalue weighted by molar-refractivity contribution is 0.586. The van der Waals surface area contributed by atoms with Gasteiger partial charge in [0.25, 0.3) is 0 Å². The van der Waals surface area contributed by atoms with Crippen molar-refractivity contribution in [2.45, 2.75) is 18.8 Å². The highest BCUT2D eigenvalue weighted by atomic mass is 31.1. The van der Waals surface area contributed by atoms with Crippen LogP contribution < -0.4 is 15.9 Å². The monoisotopic (exact) mass is 354 g/mol. The van der Waals surface area contributed by atoms with Gasteiger partial charge in [-0.3, -0.25) is 0 Å². The van der Waals surface area contributed by atoms with Crippen LogP contribution in [0.4, 0.5) is 0 Å². The van der Waals surface area contributed by atoms with Gasteiger partial charge in [-0.15, -0.1) is 0 Å². The van der Waals surface area contributed by atoms with E-state index >= 15 is 0 Å². The fourth-order valence-electron chi connectivity index (χ4n) is 4.64. The second kappa shape index (κ2) is 6.86. The second-order valence-corrected chi connectivity index (χ2v) is 9.70. The molecule has 26 heavy (non-hydrogen) atoms. The number of fused-ring (bicyclic) bond motifs is 2. The third kappa shape index (κ3) is 2.93. The number of hydrogen-bond acceptors (Lipinski definition) is 0. The summed E-state index contributed by atoms with van der Waals surface area (Å²) in [7, 11) is -0.490. The molecule has 0 N–H and O–H groups in total. The molecule has 3 atom stereocenters. The van der Waals surface area contributed by atoms with Crippen LogP contribution in [-0.2, 0) is 0 Å². The van der Waals surface area contributed by atoms with Gasteiger partial charge < -0.3 is 0 Å². The summed E-state index contributed by atoms with van der Waals surface area (Å²) in [6.45, 7) is 0. The zero-order chi connectivity index (χ0) is 17.3. The number of allylic oxidation sites excluding steroid dienone is 2. The summed E-state index contributed by atoms with van der Waals surface area (Å²) in [5.74, 6) is 2.34. The predicted molar refractivity (Wildman–Crippen MR) is 113 cm³/mol. The Balaban J connectivity index is 1.50. The maximum Gasteiger partial charge on any atom is -0.00932 e. The minimum atomic E-state index is -0.490. The van der Waals surface area contributed by atoms with E-state index in [4.69, 9.17) is 0 Å². The SMILES string of the molecule is C1=C[C@@H]2C[C@H]1C[C@H]2c1ccc(P(c2ccccc2)c2ccccc2)cc1. The molecule has 128 valence electrons. The molecule has 0 saturated heterocycles. The van der Waals surface area contributed by atoms with Crippen molar-refractivity contribution < 1.29 is 0 Å². The Morgan fingerprint density at radius 2 is 1.15 bits per heavy atom. The lowest BCUT2D eigenvalue weighted by Gasteiger charge is -2.22. The third-order valence-corrected chi connectivity index (χ3v) is 8.33. The minimum absolute atomic E-state index is 0.490. The molecular formula is C25H23P. The van der Waals surface area contributed by atoms with E-state index in [1.807, 2.05) is 0 Å². The van der Waals surface area contributed by atoms with Crippen LogP contribution in [0.5, 0.6) is 0 Å². The Morgan fingerprint density at radius 1 is 0.577 bits per heavy atom. The van der Waals surface area contributed by atoms with Crippen molar-refractivity contribution in [1.82, 2.24) is 0 Å². The van der Waals surface area contributed by atoms with Crippen LogP contribution in [-0.4, -0.2) is 0 Å². The van der Waals surface area contributed by atoms with E-state index in [1.54, 1.807) is 0 Å². The Hall–Kier alpha value is -2.17. The maximum absolute atomic E-state index is 2.45. The molecule has 0 aromatic heterocycles. The first-order chi connectivity index (χ1) is 12.9. The Kier molecular flexibility index (Phi) is 4.23. The predicted octanol–water partition coefficient (Wildman–Crippen LogP) is 5.12. The van der Waals surface area contributed by atoms with Crippen LogP contribution in [0.25, 0.3) is 0 Å². The molecule has 0 spiro atoms. The van der Waals surface area contributed by atoms with Gasteiger partial charge in [-0.1, -0.05) is 97.1 Å². The molecule has 3 aromatic rings. The number of hydrogen-bond donors (Lipinski definition) is 0. The molecule has 0 unspecified atom stereocenters. The number of benzene rings is 3. The van der Waals surface area contributed by atoms with Crippen molar-refractivity contribution in [2.75, 3.05) is 0 Å². The highest BCUT2D eigenvalue weighted by molar-refractivity contribution is 7.79.